The number of hydrogen-bond acceptors (Lipinski definition) is 9. The minimum absolute atomic E-state index is 0.268. The maximum Gasteiger partial charge on any atom is 0.303 e. The van der Waals surface area contributed by atoms with E-state index in [9.17, 15) is 19.2 Å². The molecule has 2 heterocycles. The second-order valence-electron chi connectivity index (χ2n) is 7.83. The number of ether oxygens (including phenoxy) is 5. The van der Waals surface area contributed by atoms with Crippen LogP contribution in [0.25, 0.3) is 10.9 Å². The normalized spacial score (nSPS) is 24.7. The molecule has 0 radical (unpaired) electrons. The molecule has 1 saturated heterocycles. The molecule has 2 aromatic rings. The van der Waals surface area contributed by atoms with Gasteiger partial charge in [0.25, 0.3) is 0 Å². The van der Waals surface area contributed by atoms with Crippen molar-refractivity contribution in [3.8, 4) is 0 Å². The summed E-state index contributed by atoms with van der Waals surface area (Å²) in [6, 6.07) is 7.49. The molecule has 10 heteroatoms. The van der Waals surface area contributed by atoms with Crippen LogP contribution in [-0.2, 0) is 42.9 Å². The van der Waals surface area contributed by atoms with Crippen LogP contribution >= 0.6 is 0 Å². The molecular weight excluding hydrogens is 434 g/mol. The van der Waals surface area contributed by atoms with Crippen LogP contribution in [0, 0.1) is 6.92 Å². The first-order valence-corrected chi connectivity index (χ1v) is 10.5. The number of aromatic nitrogens is 1. The predicted octanol–water partition coefficient (Wildman–Crippen LogP) is 2.27. The third-order valence-corrected chi connectivity index (χ3v) is 5.22. The van der Waals surface area contributed by atoms with Crippen molar-refractivity contribution in [1.29, 1.82) is 0 Å². The number of para-hydroxylation sites is 1. The predicted molar refractivity (Wildman–Crippen MR) is 114 cm³/mol. The SMILES string of the molecule is CC(=O)OC[C@H]1OC(c2c(C)[nH]c3ccccc23)[C@H](OC(C)=O)[C@@H](OC(C)=O)[C@@H]1OC(C)=O. The summed E-state index contributed by atoms with van der Waals surface area (Å²) in [4.78, 5) is 50.6. The number of carbonyl (C=O) groups is 4. The molecule has 33 heavy (non-hydrogen) atoms. The van der Waals surface area contributed by atoms with Crippen LogP contribution in [0.3, 0.4) is 0 Å². The van der Waals surface area contributed by atoms with Crippen LogP contribution in [0.1, 0.15) is 45.1 Å². The van der Waals surface area contributed by atoms with Gasteiger partial charge in [0.15, 0.2) is 18.3 Å². The van der Waals surface area contributed by atoms with Crippen LogP contribution in [0.5, 0.6) is 0 Å². The Labute approximate surface area is 190 Å². The topological polar surface area (TPSA) is 130 Å². The van der Waals surface area contributed by atoms with Gasteiger partial charge in [0.2, 0.25) is 0 Å². The quantitative estimate of drug-likeness (QED) is 0.508. The van der Waals surface area contributed by atoms with Gasteiger partial charge in [-0.1, -0.05) is 18.2 Å². The molecular formula is C23H27NO9. The van der Waals surface area contributed by atoms with Crippen LogP contribution in [0.2, 0.25) is 0 Å². The fraction of sp³-hybridized carbons (Fsp3) is 0.478. The van der Waals surface area contributed by atoms with Crippen LogP contribution in [0.4, 0.5) is 0 Å². The zero-order chi connectivity index (χ0) is 24.3. The molecule has 0 spiro atoms. The van der Waals surface area contributed by atoms with Crippen LogP contribution < -0.4 is 0 Å². The van der Waals surface area contributed by atoms with Gasteiger partial charge in [-0.25, -0.2) is 0 Å². The van der Waals surface area contributed by atoms with Gasteiger partial charge in [-0.2, -0.15) is 0 Å². The Morgan fingerprint density at radius 2 is 1.42 bits per heavy atom. The lowest BCUT2D eigenvalue weighted by Crippen LogP contribution is -2.59. The van der Waals surface area contributed by atoms with E-state index < -0.39 is 54.4 Å². The lowest BCUT2D eigenvalue weighted by molar-refractivity contribution is -0.254. The Balaban J connectivity index is 2.15. The first kappa shape index (κ1) is 24.2. The smallest absolute Gasteiger partial charge is 0.303 e. The van der Waals surface area contributed by atoms with E-state index in [1.165, 1.54) is 27.7 Å². The van der Waals surface area contributed by atoms with Crippen molar-refractivity contribution >= 4 is 34.8 Å². The summed E-state index contributed by atoms with van der Waals surface area (Å²) in [7, 11) is 0. The van der Waals surface area contributed by atoms with Crippen molar-refractivity contribution in [3.63, 3.8) is 0 Å². The van der Waals surface area contributed by atoms with Crippen LogP contribution in [0.15, 0.2) is 24.3 Å². The number of aryl methyl sites for hydroxylation is 1. The lowest BCUT2D eigenvalue weighted by atomic mass is 9.89. The van der Waals surface area contributed by atoms with Crippen molar-refractivity contribution in [2.75, 3.05) is 6.61 Å². The van der Waals surface area contributed by atoms with Crippen molar-refractivity contribution < 1.29 is 42.9 Å². The Morgan fingerprint density at radius 1 is 0.848 bits per heavy atom. The molecule has 1 aliphatic heterocycles. The first-order chi connectivity index (χ1) is 15.6. The van der Waals surface area contributed by atoms with E-state index in [1.54, 1.807) is 0 Å². The summed E-state index contributed by atoms with van der Waals surface area (Å²) in [5.41, 5.74) is 2.26. The van der Waals surface area contributed by atoms with E-state index in [4.69, 9.17) is 23.7 Å². The minimum atomic E-state index is -1.21. The van der Waals surface area contributed by atoms with E-state index in [1.807, 2.05) is 31.2 Å². The summed E-state index contributed by atoms with van der Waals surface area (Å²) in [6.45, 7) is 6.40. The monoisotopic (exact) mass is 461 g/mol. The van der Waals surface area contributed by atoms with E-state index >= 15 is 0 Å². The van der Waals surface area contributed by atoms with Gasteiger partial charge < -0.3 is 28.7 Å². The zero-order valence-corrected chi connectivity index (χ0v) is 19.1. The molecule has 10 nitrogen and oxygen atoms in total. The van der Waals surface area contributed by atoms with E-state index in [2.05, 4.69) is 4.98 Å². The number of carbonyl (C=O) groups excluding carboxylic acids is 4. The fourth-order valence-electron chi connectivity index (χ4n) is 4.13. The van der Waals surface area contributed by atoms with Gasteiger partial charge in [-0.3, -0.25) is 19.2 Å². The third kappa shape index (κ3) is 5.51. The second kappa shape index (κ2) is 10.0. The zero-order valence-electron chi connectivity index (χ0n) is 19.1. The average molecular weight is 461 g/mol. The molecule has 0 amide bonds. The second-order valence-corrected chi connectivity index (χ2v) is 7.83. The number of aromatic amines is 1. The molecule has 0 aliphatic carbocycles. The highest BCUT2D eigenvalue weighted by Crippen LogP contribution is 2.41. The largest absolute Gasteiger partial charge is 0.463 e. The number of benzene rings is 1. The number of hydrogen-bond donors (Lipinski definition) is 1. The number of fused-ring (bicyclic) bond motifs is 1. The summed E-state index contributed by atoms with van der Waals surface area (Å²) < 4.78 is 27.9. The highest BCUT2D eigenvalue weighted by Gasteiger charge is 2.53. The molecule has 0 saturated carbocycles. The summed E-state index contributed by atoms with van der Waals surface area (Å²) >= 11 is 0. The molecule has 0 bridgehead atoms. The van der Waals surface area contributed by atoms with E-state index in [0.717, 1.165) is 16.6 Å². The lowest BCUT2D eigenvalue weighted by Gasteiger charge is -2.44. The molecule has 1 aromatic carbocycles. The molecule has 3 rings (SSSR count). The summed E-state index contributed by atoms with van der Waals surface area (Å²) in [5.74, 6) is -2.54. The van der Waals surface area contributed by atoms with Crippen molar-refractivity contribution in [2.45, 2.75) is 65.1 Å². The summed E-state index contributed by atoms with van der Waals surface area (Å²) in [6.07, 6.45) is -5.43. The Hall–Kier alpha value is -3.40. The molecule has 1 N–H and O–H groups in total. The number of rotatable bonds is 6. The van der Waals surface area contributed by atoms with Gasteiger partial charge in [0.05, 0.1) is 0 Å². The molecule has 178 valence electrons. The molecule has 1 unspecified atom stereocenters. The van der Waals surface area contributed by atoms with Gasteiger partial charge in [-0.05, 0) is 13.0 Å². The van der Waals surface area contributed by atoms with Gasteiger partial charge in [-0.15, -0.1) is 0 Å². The first-order valence-electron chi connectivity index (χ1n) is 10.5. The maximum atomic E-state index is 12.0. The highest BCUT2D eigenvalue weighted by molar-refractivity contribution is 5.85. The Morgan fingerprint density at radius 3 is 2.03 bits per heavy atom. The van der Waals surface area contributed by atoms with Crippen LogP contribution in [-0.4, -0.2) is 59.9 Å². The fourth-order valence-corrected chi connectivity index (χ4v) is 4.13. The number of H-pyrrole nitrogens is 1. The third-order valence-electron chi connectivity index (χ3n) is 5.22. The Bertz CT molecular complexity index is 1060. The van der Waals surface area contributed by atoms with E-state index in [0.29, 0.717) is 5.56 Å². The molecule has 1 aromatic heterocycles. The van der Waals surface area contributed by atoms with Crippen molar-refractivity contribution in [2.24, 2.45) is 0 Å². The highest BCUT2D eigenvalue weighted by atomic mass is 16.7. The van der Waals surface area contributed by atoms with Gasteiger partial charge in [0.1, 0.15) is 18.8 Å². The van der Waals surface area contributed by atoms with Crippen molar-refractivity contribution in [1.82, 2.24) is 4.98 Å². The number of nitrogens with one attached hydrogen (secondary N) is 1. The van der Waals surface area contributed by atoms with Crippen molar-refractivity contribution in [3.05, 3.63) is 35.5 Å². The molecule has 1 fully saturated rings. The average Bonchev–Trinajstić information content (AvgIpc) is 3.04. The number of esters is 4. The van der Waals surface area contributed by atoms with Gasteiger partial charge >= 0.3 is 23.9 Å². The molecule has 1 aliphatic rings. The van der Waals surface area contributed by atoms with E-state index in [-0.39, 0.29) is 6.61 Å². The maximum absolute atomic E-state index is 12.0. The molecule has 5 atom stereocenters. The van der Waals surface area contributed by atoms with Gasteiger partial charge in [0, 0.05) is 49.9 Å². The Kier molecular flexibility index (Phi) is 7.37. The summed E-state index contributed by atoms with van der Waals surface area (Å²) in [5, 5.41) is 0.816. The minimum Gasteiger partial charge on any atom is -0.463 e. The standard InChI is InChI=1S/C23H27NO9/c1-11-19(16-8-6-7-9-17(16)24-11)21-23(32-15(5)28)22(31-14(4)27)20(30-13(3)26)18(33-21)10-29-12(2)25/h6-9,18,20-24H,10H2,1-5H3/t18-,20-,21?,22+,23+/m1/s1.